The standard InChI is InChI=1S/C10H6N2O/c11-5-7-2-1-3-8-6-12-10(13)4-9(7)8/h1-4,6H,(H,12,13). The molecule has 1 aromatic heterocycles. The number of hydrogen-bond donors (Lipinski definition) is 1. The van der Waals surface area contributed by atoms with E-state index >= 15 is 0 Å². The van der Waals surface area contributed by atoms with E-state index in [-0.39, 0.29) is 5.56 Å². The minimum absolute atomic E-state index is 0.185. The van der Waals surface area contributed by atoms with Crippen LogP contribution in [-0.2, 0) is 0 Å². The van der Waals surface area contributed by atoms with Gasteiger partial charge in [-0.15, -0.1) is 0 Å². The zero-order chi connectivity index (χ0) is 9.26. The first-order chi connectivity index (χ1) is 6.31. The topological polar surface area (TPSA) is 56.6 Å². The van der Waals surface area contributed by atoms with Gasteiger partial charge in [-0.3, -0.25) is 4.79 Å². The first-order valence-corrected chi connectivity index (χ1v) is 3.83. The van der Waals surface area contributed by atoms with Crippen LogP contribution >= 0.6 is 0 Å². The Morgan fingerprint density at radius 2 is 2.23 bits per heavy atom. The van der Waals surface area contributed by atoms with Gasteiger partial charge in [0.15, 0.2) is 0 Å². The van der Waals surface area contributed by atoms with Crippen molar-refractivity contribution >= 4 is 10.8 Å². The van der Waals surface area contributed by atoms with Crippen molar-refractivity contribution in [2.45, 2.75) is 0 Å². The zero-order valence-electron chi connectivity index (χ0n) is 6.74. The molecule has 0 saturated carbocycles. The number of nitrogens with one attached hydrogen (secondary N) is 1. The molecule has 2 rings (SSSR count). The van der Waals surface area contributed by atoms with Crippen LogP contribution in [-0.4, -0.2) is 4.98 Å². The highest BCUT2D eigenvalue weighted by molar-refractivity contribution is 5.86. The molecule has 62 valence electrons. The lowest BCUT2D eigenvalue weighted by molar-refractivity contribution is 1.27. The Kier molecular flexibility index (Phi) is 1.60. The molecule has 0 aliphatic carbocycles. The summed E-state index contributed by atoms with van der Waals surface area (Å²) < 4.78 is 0. The summed E-state index contributed by atoms with van der Waals surface area (Å²) in [4.78, 5) is 13.5. The van der Waals surface area contributed by atoms with Crippen LogP contribution in [0, 0.1) is 11.3 Å². The molecule has 0 unspecified atom stereocenters. The van der Waals surface area contributed by atoms with Crippen molar-refractivity contribution in [2.75, 3.05) is 0 Å². The summed E-state index contributed by atoms with van der Waals surface area (Å²) in [6, 6.07) is 8.82. The molecule has 1 N–H and O–H groups in total. The zero-order valence-corrected chi connectivity index (χ0v) is 6.74. The van der Waals surface area contributed by atoms with Gasteiger partial charge in [0.25, 0.3) is 0 Å². The molecule has 0 saturated heterocycles. The monoisotopic (exact) mass is 170 g/mol. The minimum Gasteiger partial charge on any atom is -0.328 e. The lowest BCUT2D eigenvalue weighted by atomic mass is 10.1. The fourth-order valence-electron chi connectivity index (χ4n) is 1.29. The molecule has 0 radical (unpaired) electrons. The van der Waals surface area contributed by atoms with Gasteiger partial charge in [0.2, 0.25) is 5.56 Å². The molecule has 0 amide bonds. The Morgan fingerprint density at radius 3 is 3.00 bits per heavy atom. The van der Waals surface area contributed by atoms with Crippen molar-refractivity contribution in [1.29, 1.82) is 5.26 Å². The van der Waals surface area contributed by atoms with E-state index in [1.165, 1.54) is 6.07 Å². The van der Waals surface area contributed by atoms with E-state index in [9.17, 15) is 4.79 Å². The first kappa shape index (κ1) is 7.56. The summed E-state index contributed by atoms with van der Waals surface area (Å²) in [5.41, 5.74) is 0.346. The van der Waals surface area contributed by atoms with E-state index in [1.807, 2.05) is 12.1 Å². The molecule has 0 bridgehead atoms. The average Bonchev–Trinajstić information content (AvgIpc) is 2.17. The molecular formula is C10H6N2O. The van der Waals surface area contributed by atoms with Crippen LogP contribution in [0.15, 0.2) is 35.3 Å². The second kappa shape index (κ2) is 2.76. The number of aromatic amines is 1. The highest BCUT2D eigenvalue weighted by atomic mass is 16.1. The molecule has 0 atom stereocenters. The first-order valence-electron chi connectivity index (χ1n) is 3.83. The predicted octanol–water partition coefficient (Wildman–Crippen LogP) is 1.40. The Balaban J connectivity index is 2.97. The lowest BCUT2D eigenvalue weighted by Gasteiger charge is -1.96. The molecule has 0 spiro atoms. The van der Waals surface area contributed by atoms with Gasteiger partial charge in [-0.05, 0) is 11.5 Å². The third kappa shape index (κ3) is 1.18. The van der Waals surface area contributed by atoms with E-state index in [1.54, 1.807) is 18.3 Å². The predicted molar refractivity (Wildman–Crippen MR) is 49.3 cm³/mol. The molecule has 13 heavy (non-hydrogen) atoms. The maximum absolute atomic E-state index is 11.0. The van der Waals surface area contributed by atoms with Gasteiger partial charge < -0.3 is 4.98 Å². The van der Waals surface area contributed by atoms with Crippen molar-refractivity contribution in [1.82, 2.24) is 4.98 Å². The largest absolute Gasteiger partial charge is 0.328 e. The van der Waals surface area contributed by atoms with Gasteiger partial charge in [0.05, 0.1) is 11.6 Å². The third-order valence-corrected chi connectivity index (χ3v) is 1.91. The number of benzene rings is 1. The Labute approximate surface area is 74.3 Å². The van der Waals surface area contributed by atoms with Crippen molar-refractivity contribution in [3.05, 3.63) is 46.4 Å². The maximum atomic E-state index is 11.0. The molecule has 1 heterocycles. The fraction of sp³-hybridized carbons (Fsp3) is 0. The van der Waals surface area contributed by atoms with Crippen LogP contribution < -0.4 is 5.56 Å². The minimum atomic E-state index is -0.185. The second-order valence-corrected chi connectivity index (χ2v) is 2.72. The van der Waals surface area contributed by atoms with Crippen LogP contribution in [0.2, 0.25) is 0 Å². The van der Waals surface area contributed by atoms with E-state index in [0.29, 0.717) is 10.9 Å². The fourth-order valence-corrected chi connectivity index (χ4v) is 1.29. The van der Waals surface area contributed by atoms with Gasteiger partial charge in [-0.25, -0.2) is 0 Å². The average molecular weight is 170 g/mol. The summed E-state index contributed by atoms with van der Waals surface area (Å²) >= 11 is 0. The van der Waals surface area contributed by atoms with E-state index in [4.69, 9.17) is 5.26 Å². The highest BCUT2D eigenvalue weighted by Crippen LogP contribution is 2.14. The van der Waals surface area contributed by atoms with Gasteiger partial charge >= 0.3 is 0 Å². The molecule has 2 aromatic rings. The summed E-state index contributed by atoms with van der Waals surface area (Å²) in [5, 5.41) is 10.3. The van der Waals surface area contributed by atoms with Gasteiger partial charge in [0, 0.05) is 17.6 Å². The molecular weight excluding hydrogens is 164 g/mol. The number of nitrogens with zero attached hydrogens (tertiary/aromatic N) is 1. The maximum Gasteiger partial charge on any atom is 0.248 e. The van der Waals surface area contributed by atoms with Crippen molar-refractivity contribution in [3.8, 4) is 6.07 Å². The van der Waals surface area contributed by atoms with Crippen molar-refractivity contribution in [2.24, 2.45) is 0 Å². The summed E-state index contributed by atoms with van der Waals surface area (Å²) in [7, 11) is 0. The molecule has 0 aliphatic heterocycles. The van der Waals surface area contributed by atoms with Gasteiger partial charge in [-0.1, -0.05) is 12.1 Å². The SMILES string of the molecule is N#Cc1cccc2c[nH]c(=O)cc12. The van der Waals surface area contributed by atoms with Gasteiger partial charge in [-0.2, -0.15) is 5.26 Å². The van der Waals surface area contributed by atoms with Crippen LogP contribution in [0.4, 0.5) is 0 Å². The lowest BCUT2D eigenvalue weighted by Crippen LogP contribution is -2.02. The third-order valence-electron chi connectivity index (χ3n) is 1.91. The number of hydrogen-bond acceptors (Lipinski definition) is 2. The number of rotatable bonds is 0. The molecule has 0 fully saturated rings. The number of fused-ring (bicyclic) bond motifs is 1. The van der Waals surface area contributed by atoms with Crippen LogP contribution in [0.25, 0.3) is 10.8 Å². The van der Waals surface area contributed by atoms with Crippen LogP contribution in [0.5, 0.6) is 0 Å². The number of H-pyrrole nitrogens is 1. The molecule has 1 aromatic carbocycles. The van der Waals surface area contributed by atoms with E-state index < -0.39 is 0 Å². The second-order valence-electron chi connectivity index (χ2n) is 2.72. The van der Waals surface area contributed by atoms with E-state index in [2.05, 4.69) is 4.98 Å². The molecule has 0 aliphatic rings. The Morgan fingerprint density at radius 1 is 1.38 bits per heavy atom. The number of aromatic nitrogens is 1. The normalized spacial score (nSPS) is 9.77. The summed E-state index contributed by atoms with van der Waals surface area (Å²) in [6.45, 7) is 0. The van der Waals surface area contributed by atoms with E-state index in [0.717, 1.165) is 5.39 Å². The van der Waals surface area contributed by atoms with Crippen molar-refractivity contribution in [3.63, 3.8) is 0 Å². The number of nitriles is 1. The molecule has 3 nitrogen and oxygen atoms in total. The summed E-state index contributed by atoms with van der Waals surface area (Å²) in [6.07, 6.45) is 1.61. The van der Waals surface area contributed by atoms with Crippen LogP contribution in [0.3, 0.4) is 0 Å². The van der Waals surface area contributed by atoms with Gasteiger partial charge in [0.1, 0.15) is 0 Å². The quantitative estimate of drug-likeness (QED) is 0.649. The van der Waals surface area contributed by atoms with Crippen LogP contribution in [0.1, 0.15) is 5.56 Å². The Bertz CT molecular complexity index is 549. The smallest absolute Gasteiger partial charge is 0.248 e. The number of pyridine rings is 1. The van der Waals surface area contributed by atoms with Crippen molar-refractivity contribution < 1.29 is 0 Å². The highest BCUT2D eigenvalue weighted by Gasteiger charge is 1.99. The summed E-state index contributed by atoms with van der Waals surface area (Å²) in [5.74, 6) is 0. The molecule has 3 heteroatoms. The Hall–Kier alpha value is -2.08.